The van der Waals surface area contributed by atoms with Crippen molar-refractivity contribution in [1.29, 1.82) is 0 Å². The second-order valence-corrected chi connectivity index (χ2v) is 10.2. The van der Waals surface area contributed by atoms with Crippen LogP contribution in [-0.4, -0.2) is 57.3 Å². The zero-order valence-electron chi connectivity index (χ0n) is 19.9. The largest absolute Gasteiger partial charge is 0.454 e. The zero-order valence-corrected chi connectivity index (χ0v) is 20.7. The predicted octanol–water partition coefficient (Wildman–Crippen LogP) is 2.43. The van der Waals surface area contributed by atoms with E-state index in [2.05, 4.69) is 5.32 Å². The highest BCUT2D eigenvalue weighted by Gasteiger charge is 2.32. The maximum absolute atomic E-state index is 13.6. The monoisotopic (exact) mass is 489 g/mol. The molecule has 1 unspecified atom stereocenters. The number of fused-ring (bicyclic) bond motifs is 1. The van der Waals surface area contributed by atoms with Crippen LogP contribution in [0.5, 0.6) is 11.5 Å². The molecule has 2 aromatic carbocycles. The van der Waals surface area contributed by atoms with Crippen molar-refractivity contribution in [3.05, 3.63) is 53.6 Å². The second-order valence-electron chi connectivity index (χ2n) is 7.99. The van der Waals surface area contributed by atoms with Crippen LogP contribution in [0.25, 0.3) is 0 Å². The molecule has 1 atom stereocenters. The molecule has 0 spiro atoms. The number of rotatable bonds is 10. The fraction of sp³-hybridized carbons (Fsp3) is 0.417. The van der Waals surface area contributed by atoms with Gasteiger partial charge >= 0.3 is 0 Å². The van der Waals surface area contributed by atoms with Gasteiger partial charge in [-0.3, -0.25) is 13.9 Å². The van der Waals surface area contributed by atoms with Crippen LogP contribution in [-0.2, 0) is 26.2 Å². The molecule has 0 saturated carbocycles. The number of carbonyl (C=O) groups excluding carboxylic acids is 2. The number of hydrogen-bond donors (Lipinski definition) is 1. The first kappa shape index (κ1) is 25.4. The number of anilines is 1. The molecule has 0 saturated heterocycles. The summed E-state index contributed by atoms with van der Waals surface area (Å²) in [7, 11) is -2.29. The van der Waals surface area contributed by atoms with Gasteiger partial charge in [0.2, 0.25) is 28.6 Å². The van der Waals surface area contributed by atoms with Crippen LogP contribution in [0.4, 0.5) is 5.69 Å². The number of amides is 2. The molecule has 184 valence electrons. The Hall–Kier alpha value is -3.27. The smallest absolute Gasteiger partial charge is 0.244 e. The lowest BCUT2D eigenvalue weighted by Crippen LogP contribution is -2.52. The molecule has 1 aliphatic rings. The summed E-state index contributed by atoms with van der Waals surface area (Å²) in [5.41, 5.74) is 2.17. The normalized spacial score (nSPS) is 13.3. The van der Waals surface area contributed by atoms with Gasteiger partial charge < -0.3 is 19.7 Å². The SMILES string of the molecule is CCC(C(=O)NC)N(Cc1cccc(C)c1)C(=O)CN(c1ccc2c(c1)OCO2)S(=O)(=O)CC. The first-order chi connectivity index (χ1) is 16.2. The molecule has 3 rings (SSSR count). The molecular formula is C24H31N3O6S. The van der Waals surface area contributed by atoms with Gasteiger partial charge in [-0.15, -0.1) is 0 Å². The summed E-state index contributed by atoms with van der Waals surface area (Å²) in [4.78, 5) is 27.7. The van der Waals surface area contributed by atoms with Gasteiger partial charge in [-0.2, -0.15) is 0 Å². The average Bonchev–Trinajstić information content (AvgIpc) is 3.29. The van der Waals surface area contributed by atoms with Crippen molar-refractivity contribution < 1.29 is 27.5 Å². The molecule has 1 heterocycles. The molecule has 1 aliphatic heterocycles. The minimum Gasteiger partial charge on any atom is -0.454 e. The third-order valence-electron chi connectivity index (χ3n) is 5.69. The van der Waals surface area contributed by atoms with E-state index in [9.17, 15) is 18.0 Å². The lowest BCUT2D eigenvalue weighted by Gasteiger charge is -2.33. The van der Waals surface area contributed by atoms with E-state index in [4.69, 9.17) is 9.47 Å². The number of likely N-dealkylation sites (N-methyl/N-ethyl adjacent to an activating group) is 1. The molecule has 10 heteroatoms. The number of hydrogen-bond acceptors (Lipinski definition) is 6. The Morgan fingerprint density at radius 2 is 1.82 bits per heavy atom. The standard InChI is InChI=1S/C24H31N3O6S/c1-5-20(24(29)25-4)26(14-18-9-7-8-17(3)12-18)23(28)15-27(34(30,31)6-2)19-10-11-21-22(13-19)33-16-32-21/h7-13,20H,5-6,14-16H2,1-4H3,(H,25,29). The van der Waals surface area contributed by atoms with Crippen molar-refractivity contribution in [2.24, 2.45) is 0 Å². The van der Waals surface area contributed by atoms with Crippen LogP contribution >= 0.6 is 0 Å². The predicted molar refractivity (Wildman–Crippen MR) is 129 cm³/mol. The first-order valence-electron chi connectivity index (χ1n) is 11.2. The molecular weight excluding hydrogens is 458 g/mol. The van der Waals surface area contributed by atoms with E-state index in [0.717, 1.165) is 15.4 Å². The highest BCUT2D eigenvalue weighted by molar-refractivity contribution is 7.92. The van der Waals surface area contributed by atoms with Gasteiger partial charge in [0.15, 0.2) is 11.5 Å². The first-order valence-corrected chi connectivity index (χ1v) is 12.8. The average molecular weight is 490 g/mol. The molecule has 0 bridgehead atoms. The van der Waals surface area contributed by atoms with Gasteiger partial charge in [-0.1, -0.05) is 36.8 Å². The molecule has 0 radical (unpaired) electrons. The number of nitrogens with one attached hydrogen (secondary N) is 1. The van der Waals surface area contributed by atoms with Crippen LogP contribution in [0.1, 0.15) is 31.4 Å². The minimum atomic E-state index is -3.81. The Morgan fingerprint density at radius 3 is 2.47 bits per heavy atom. The second kappa shape index (κ2) is 10.8. The third kappa shape index (κ3) is 5.61. The van der Waals surface area contributed by atoms with Gasteiger partial charge in [-0.25, -0.2) is 8.42 Å². The van der Waals surface area contributed by atoms with E-state index in [0.29, 0.717) is 23.6 Å². The fourth-order valence-electron chi connectivity index (χ4n) is 3.85. The minimum absolute atomic E-state index is 0.0484. The number of benzene rings is 2. The van der Waals surface area contributed by atoms with E-state index >= 15 is 0 Å². The lowest BCUT2D eigenvalue weighted by atomic mass is 10.1. The summed E-state index contributed by atoms with van der Waals surface area (Å²) < 4.78 is 37.8. The maximum Gasteiger partial charge on any atom is 0.244 e. The molecule has 2 aromatic rings. The van der Waals surface area contributed by atoms with Gasteiger partial charge in [0.25, 0.3) is 0 Å². The summed E-state index contributed by atoms with van der Waals surface area (Å²) in [6.07, 6.45) is 0.377. The lowest BCUT2D eigenvalue weighted by molar-refractivity contribution is -0.140. The van der Waals surface area contributed by atoms with Crippen molar-refractivity contribution in [3.8, 4) is 11.5 Å². The third-order valence-corrected chi connectivity index (χ3v) is 7.43. The molecule has 1 N–H and O–H groups in total. The van der Waals surface area contributed by atoms with Crippen molar-refractivity contribution in [2.75, 3.05) is 30.4 Å². The highest BCUT2D eigenvalue weighted by Crippen LogP contribution is 2.36. The molecule has 34 heavy (non-hydrogen) atoms. The molecule has 0 fully saturated rings. The quantitative estimate of drug-likeness (QED) is 0.550. The van der Waals surface area contributed by atoms with Crippen LogP contribution in [0.3, 0.4) is 0 Å². The fourth-order valence-corrected chi connectivity index (χ4v) is 4.91. The van der Waals surface area contributed by atoms with Crippen LogP contribution < -0.4 is 19.1 Å². The van der Waals surface area contributed by atoms with Crippen LogP contribution in [0, 0.1) is 6.92 Å². The summed E-state index contributed by atoms with van der Waals surface area (Å²) >= 11 is 0. The van der Waals surface area contributed by atoms with E-state index in [1.807, 2.05) is 38.1 Å². The van der Waals surface area contributed by atoms with Gasteiger partial charge in [-0.05, 0) is 38.0 Å². The van der Waals surface area contributed by atoms with E-state index in [1.165, 1.54) is 18.9 Å². The number of ether oxygens (including phenoxy) is 2. The summed E-state index contributed by atoms with van der Waals surface area (Å²) in [6, 6.07) is 11.6. The van der Waals surface area contributed by atoms with E-state index in [-0.39, 0.29) is 25.0 Å². The van der Waals surface area contributed by atoms with Crippen LogP contribution in [0.15, 0.2) is 42.5 Å². The zero-order chi connectivity index (χ0) is 24.9. The Bertz CT molecular complexity index is 1150. The molecule has 9 nitrogen and oxygen atoms in total. The molecule has 0 aliphatic carbocycles. The van der Waals surface area contributed by atoms with Crippen molar-refractivity contribution >= 4 is 27.5 Å². The summed E-state index contributed by atoms with van der Waals surface area (Å²) in [6.45, 7) is 5.05. The van der Waals surface area contributed by atoms with Crippen molar-refractivity contribution in [2.45, 2.75) is 39.8 Å². The van der Waals surface area contributed by atoms with Gasteiger partial charge in [0.1, 0.15) is 12.6 Å². The Labute approximate surface area is 200 Å². The van der Waals surface area contributed by atoms with Crippen molar-refractivity contribution in [3.63, 3.8) is 0 Å². The number of carbonyl (C=O) groups is 2. The number of sulfonamides is 1. The van der Waals surface area contributed by atoms with Crippen LogP contribution in [0.2, 0.25) is 0 Å². The van der Waals surface area contributed by atoms with Crippen molar-refractivity contribution in [1.82, 2.24) is 10.2 Å². The van der Waals surface area contributed by atoms with E-state index in [1.54, 1.807) is 18.2 Å². The Kier molecular flexibility index (Phi) is 8.03. The molecule has 2 amide bonds. The molecule has 0 aromatic heterocycles. The highest BCUT2D eigenvalue weighted by atomic mass is 32.2. The topological polar surface area (TPSA) is 105 Å². The van der Waals surface area contributed by atoms with E-state index < -0.39 is 28.5 Å². The summed E-state index contributed by atoms with van der Waals surface area (Å²) in [5.74, 6) is -0.0624. The maximum atomic E-state index is 13.6. The summed E-state index contributed by atoms with van der Waals surface area (Å²) in [5, 5.41) is 2.61. The van der Waals surface area contributed by atoms with Gasteiger partial charge in [0, 0.05) is 19.7 Å². The number of aryl methyl sites for hydroxylation is 1. The Balaban J connectivity index is 1.97. The van der Waals surface area contributed by atoms with Gasteiger partial charge in [0.05, 0.1) is 11.4 Å². The number of nitrogens with zero attached hydrogens (tertiary/aromatic N) is 2. The Morgan fingerprint density at radius 1 is 1.09 bits per heavy atom.